The van der Waals surface area contributed by atoms with Gasteiger partial charge in [0.1, 0.15) is 0 Å². The maximum Gasteiger partial charge on any atom is -1.00 e. The van der Waals surface area contributed by atoms with E-state index in [1.165, 1.54) is 97.0 Å². The normalized spacial score (nSPS) is 12.1. The molecular weight excluding hydrogens is 903 g/mol. The monoisotopic (exact) mass is 946 g/mol. The predicted molar refractivity (Wildman–Crippen MR) is 262 cm³/mol. The Balaban J connectivity index is 0.00000210. The van der Waals surface area contributed by atoms with E-state index in [0.717, 1.165) is 6.42 Å². The Morgan fingerprint density at radius 1 is 0.308 bits per heavy atom. The topological polar surface area (TPSA) is 0 Å². The van der Waals surface area contributed by atoms with Gasteiger partial charge in [-0.15, -0.1) is 0 Å². The van der Waals surface area contributed by atoms with Crippen LogP contribution in [0.3, 0.4) is 0 Å². The van der Waals surface area contributed by atoms with E-state index in [1.54, 1.807) is 0 Å². The molecule has 0 saturated heterocycles. The van der Waals surface area contributed by atoms with Crippen molar-refractivity contribution in [2.75, 3.05) is 0 Å². The molecule has 0 atom stereocenters. The van der Waals surface area contributed by atoms with Crippen molar-refractivity contribution in [2.24, 2.45) is 0 Å². The van der Waals surface area contributed by atoms with Crippen LogP contribution in [0.2, 0.25) is 0 Å². The summed E-state index contributed by atoms with van der Waals surface area (Å²) in [6, 6.07) is 88.2. The Bertz CT molecular complexity index is 2600. The second-order valence-corrected chi connectivity index (χ2v) is 21.0. The molecule has 0 heterocycles. The molecule has 1 aliphatic carbocycles. The van der Waals surface area contributed by atoms with Gasteiger partial charge in [0.15, 0.2) is 0 Å². The molecule has 9 aromatic rings. The van der Waals surface area contributed by atoms with Gasteiger partial charge in [-0.1, -0.05) is 0 Å². The van der Waals surface area contributed by atoms with Gasteiger partial charge in [-0.3, -0.25) is 0 Å². The summed E-state index contributed by atoms with van der Waals surface area (Å²) in [4.78, 5) is 0. The fourth-order valence-corrected chi connectivity index (χ4v) is 15.2. The number of halogens is 3. The third-order valence-corrected chi connectivity index (χ3v) is 18.3. The summed E-state index contributed by atoms with van der Waals surface area (Å²) in [6.45, 7) is 2.38. The van der Waals surface area contributed by atoms with E-state index in [9.17, 15) is 0 Å². The van der Waals surface area contributed by atoms with Crippen molar-refractivity contribution in [1.29, 1.82) is 0 Å². The zero-order valence-corrected chi connectivity index (χ0v) is 40.8. The van der Waals surface area contributed by atoms with Gasteiger partial charge >= 0.3 is 381 Å². The quantitative estimate of drug-likeness (QED) is 0.136. The zero-order chi connectivity index (χ0) is 41.9. The molecule has 9 aromatic carbocycles. The van der Waals surface area contributed by atoms with Gasteiger partial charge in [0.05, 0.1) is 0 Å². The van der Waals surface area contributed by atoms with Gasteiger partial charge < -0.3 is 37.2 Å². The van der Waals surface area contributed by atoms with Crippen LogP contribution >= 0.6 is 0 Å². The van der Waals surface area contributed by atoms with Gasteiger partial charge in [-0.25, -0.2) is 0 Å². The molecule has 0 unspecified atom stereocenters. The number of rotatable bonds is 10. The molecule has 5 heteroatoms. The molecule has 0 radical (unpaired) electrons. The summed E-state index contributed by atoms with van der Waals surface area (Å²) in [6.07, 6.45) is 3.52. The molecule has 0 N–H and O–H groups in total. The maximum atomic E-state index is 2.59. The molecule has 10 rings (SSSR count). The second kappa shape index (κ2) is 21.1. The van der Waals surface area contributed by atoms with Crippen LogP contribution in [0.5, 0.6) is 0 Å². The van der Waals surface area contributed by atoms with Crippen LogP contribution in [-0.2, 0) is 20.4 Å². The van der Waals surface area contributed by atoms with E-state index in [0.29, 0.717) is 0 Å². The maximum absolute atomic E-state index is 3.28. The summed E-state index contributed by atoms with van der Waals surface area (Å²) in [5, 5.41) is 5.57. The first-order valence-electron chi connectivity index (χ1n) is 21.5. The first kappa shape index (κ1) is 47.2. The van der Waals surface area contributed by atoms with Gasteiger partial charge in [-0.2, -0.15) is 0 Å². The molecule has 0 spiro atoms. The Hall–Kier alpha value is -5.74. The van der Waals surface area contributed by atoms with Crippen LogP contribution in [0.4, 0.5) is 0 Å². The smallest absolute Gasteiger partial charge is 1.00 e. The number of benzene rings is 9. The van der Waals surface area contributed by atoms with Crippen LogP contribution in [0.25, 0.3) is 66.8 Å². The van der Waals surface area contributed by atoms with Gasteiger partial charge in [-0.05, 0) is 0 Å². The molecule has 0 aliphatic heterocycles. The second-order valence-electron chi connectivity index (χ2n) is 16.3. The Morgan fingerprint density at radius 3 is 0.708 bits per heavy atom. The van der Waals surface area contributed by atoms with Crippen molar-refractivity contribution < 1.29 is 57.7 Å². The van der Waals surface area contributed by atoms with Gasteiger partial charge in [0.2, 0.25) is 0 Å². The Kier molecular flexibility index (Phi) is 15.3. The van der Waals surface area contributed by atoms with Crippen molar-refractivity contribution in [3.63, 3.8) is 0 Å². The van der Waals surface area contributed by atoms with Crippen LogP contribution in [0.15, 0.2) is 257 Å². The van der Waals surface area contributed by atoms with Gasteiger partial charge in [0, 0.05) is 0 Å². The largest absolute Gasteiger partial charge is 1.00 e. The fourth-order valence-electron chi connectivity index (χ4n) is 9.39. The average Bonchev–Trinajstić information content (AvgIpc) is 3.69. The van der Waals surface area contributed by atoms with Crippen molar-refractivity contribution in [2.45, 2.75) is 13.3 Å². The first-order chi connectivity index (χ1) is 30.5. The summed E-state index contributed by atoms with van der Waals surface area (Å²) in [7, 11) is -3.28. The molecular formula is C60H45Cl3SiTi. The van der Waals surface area contributed by atoms with Crippen LogP contribution in [0, 0.1) is 0 Å². The predicted octanol–water partition coefficient (Wildman–Crippen LogP) is 4.86. The van der Waals surface area contributed by atoms with E-state index in [4.69, 9.17) is 0 Å². The molecule has 65 heavy (non-hydrogen) atoms. The van der Waals surface area contributed by atoms with Crippen LogP contribution < -0.4 is 52.8 Å². The third-order valence-electron chi connectivity index (χ3n) is 12.5. The first-order valence-corrected chi connectivity index (χ1v) is 24.2. The molecule has 1 aliphatic rings. The van der Waals surface area contributed by atoms with E-state index >= 15 is 0 Å². The summed E-state index contributed by atoms with van der Waals surface area (Å²) in [5.74, 6) is 0. The molecule has 0 saturated carbocycles. The molecule has 0 amide bonds. The summed E-state index contributed by atoms with van der Waals surface area (Å²) >= 11 is 2.33. The minimum atomic E-state index is -3.28. The molecule has 0 aromatic heterocycles. The minimum absolute atomic E-state index is 0. The summed E-state index contributed by atoms with van der Waals surface area (Å²) < 4.78 is 1.43. The third kappa shape index (κ3) is 9.51. The number of hydrogen-bond acceptors (Lipinski definition) is 0. The number of hydrogen-bond donors (Lipinski definition) is 0. The van der Waals surface area contributed by atoms with Gasteiger partial charge in [0.25, 0.3) is 0 Å². The molecule has 0 bridgehead atoms. The van der Waals surface area contributed by atoms with E-state index < -0.39 is 8.07 Å². The van der Waals surface area contributed by atoms with Crippen molar-refractivity contribution in [3.05, 3.63) is 257 Å². The van der Waals surface area contributed by atoms with Crippen LogP contribution in [0.1, 0.15) is 13.3 Å². The van der Waals surface area contributed by atoms with E-state index in [2.05, 4.69) is 270 Å². The molecule has 0 fully saturated rings. The SMILES string of the molecule is CC1=[C]([Ti+3])CC=C1[Si](c1cc(-c2ccccc2)cc(-c2ccccc2)c1)(c1cc(-c2ccccc2)cc(-c2ccccc2)c1)c1cc(-c2ccccc2)cc(-c2ccccc2)c1.[Cl-].[Cl-].[Cl-]. The van der Waals surface area contributed by atoms with E-state index in [1.807, 2.05) is 0 Å². The molecule has 0 nitrogen and oxygen atoms in total. The minimum Gasteiger partial charge on any atom is -1.00 e. The van der Waals surface area contributed by atoms with Crippen LogP contribution in [-0.4, -0.2) is 8.07 Å². The molecule has 314 valence electrons. The van der Waals surface area contributed by atoms with Crippen molar-refractivity contribution >= 4 is 23.6 Å². The Morgan fingerprint density at radius 2 is 0.523 bits per heavy atom. The fraction of sp³-hybridized carbons (Fsp3) is 0.0333. The number of allylic oxidation sites excluding steroid dienone is 4. The summed E-state index contributed by atoms with van der Waals surface area (Å²) in [5.41, 5.74) is 16.0. The van der Waals surface area contributed by atoms with Crippen molar-refractivity contribution in [3.8, 4) is 66.8 Å². The zero-order valence-electron chi connectivity index (χ0n) is 35.9. The van der Waals surface area contributed by atoms with E-state index in [-0.39, 0.29) is 37.2 Å². The van der Waals surface area contributed by atoms with Crippen molar-refractivity contribution in [1.82, 2.24) is 0 Å². The average molecular weight is 948 g/mol. The standard InChI is InChI=1S/C60H45Si.3ClH.Ti/c1-44-21-20-34-60(44)61(57-38-51(45-22-8-2-9-23-45)35-52(39-57)46-24-10-3-11-25-46,58-40-53(47-26-12-4-13-27-47)36-54(41-58)48-28-14-5-15-29-48)59-42-55(49-30-16-6-17-31-49)37-56(43-59)50-32-18-7-19-33-50;;;;/h2-19,22-43H,20H2,1H3;3*1H;/q;;;;+3/p-3. The Labute approximate surface area is 415 Å².